The minimum absolute atomic E-state index is 0.0650. The van der Waals surface area contributed by atoms with Crippen molar-refractivity contribution in [3.05, 3.63) is 54.5 Å². The number of aromatic nitrogens is 6. The normalized spacial score (nSPS) is 16.4. The van der Waals surface area contributed by atoms with Crippen LogP contribution in [-0.4, -0.2) is 78.4 Å². The molecule has 6 rings (SSSR count). The molecule has 1 aliphatic heterocycles. The van der Waals surface area contributed by atoms with Crippen LogP contribution in [0, 0.1) is 6.92 Å². The standard InChI is InChI=1S/C28H33N9O3/c1-19-23(11-21(13-29-19)33-26(38)18-35-8-4-7-28(35)5-3-6-28)34-27(39)22-14-32-37-17-24(30-15-25(22)37)20-12-31-36(16-20)9-10-40-2/h11-17H,3-10,18H2,1-2H3,(H,33,38)(H,34,39). The largest absolute Gasteiger partial charge is 0.383 e. The fourth-order valence-corrected chi connectivity index (χ4v) is 5.69. The number of carbonyl (C=O) groups is 2. The van der Waals surface area contributed by atoms with Crippen molar-refractivity contribution in [2.75, 3.05) is 37.4 Å². The summed E-state index contributed by atoms with van der Waals surface area (Å²) in [5.41, 5.74) is 4.41. The van der Waals surface area contributed by atoms with Crippen molar-refractivity contribution in [1.29, 1.82) is 0 Å². The molecule has 12 nitrogen and oxygen atoms in total. The lowest BCUT2D eigenvalue weighted by Gasteiger charge is -2.45. The second-order valence-corrected chi connectivity index (χ2v) is 10.6. The van der Waals surface area contributed by atoms with Crippen molar-refractivity contribution in [2.45, 2.75) is 51.1 Å². The zero-order valence-corrected chi connectivity index (χ0v) is 22.8. The van der Waals surface area contributed by atoms with Gasteiger partial charge >= 0.3 is 0 Å². The molecule has 0 radical (unpaired) electrons. The van der Waals surface area contributed by atoms with Crippen LogP contribution in [0.25, 0.3) is 16.8 Å². The Bertz CT molecular complexity index is 1560. The lowest BCUT2D eigenvalue weighted by Crippen LogP contribution is -2.51. The van der Waals surface area contributed by atoms with Crippen LogP contribution in [0.15, 0.2) is 43.2 Å². The van der Waals surface area contributed by atoms with E-state index in [4.69, 9.17) is 4.74 Å². The Balaban J connectivity index is 1.13. The second-order valence-electron chi connectivity index (χ2n) is 10.6. The predicted octanol–water partition coefficient (Wildman–Crippen LogP) is 3.15. The lowest BCUT2D eigenvalue weighted by atomic mass is 9.75. The molecule has 2 amide bonds. The van der Waals surface area contributed by atoms with Crippen LogP contribution in [0.5, 0.6) is 0 Å². The monoisotopic (exact) mass is 543 g/mol. The van der Waals surface area contributed by atoms with Crippen molar-refractivity contribution in [1.82, 2.24) is 34.3 Å². The number of anilines is 2. The van der Waals surface area contributed by atoms with E-state index in [-0.39, 0.29) is 17.4 Å². The van der Waals surface area contributed by atoms with E-state index in [0.29, 0.717) is 53.5 Å². The van der Waals surface area contributed by atoms with Crippen molar-refractivity contribution in [3.63, 3.8) is 0 Å². The summed E-state index contributed by atoms with van der Waals surface area (Å²) in [7, 11) is 1.65. The molecule has 5 heterocycles. The van der Waals surface area contributed by atoms with Crippen molar-refractivity contribution >= 4 is 28.7 Å². The average molecular weight is 544 g/mol. The molecule has 2 aliphatic rings. The SMILES string of the molecule is COCCn1cc(-c2cn3ncc(C(=O)Nc4cc(NC(=O)CN5CCCC56CCC6)cnc4C)c3cn2)cn1. The van der Waals surface area contributed by atoms with Gasteiger partial charge in [0.05, 0.1) is 84.5 Å². The van der Waals surface area contributed by atoms with Gasteiger partial charge in [0.15, 0.2) is 0 Å². The maximum Gasteiger partial charge on any atom is 0.259 e. The van der Waals surface area contributed by atoms with Gasteiger partial charge < -0.3 is 15.4 Å². The average Bonchev–Trinajstić information content (AvgIpc) is 3.67. The molecule has 0 unspecified atom stereocenters. The molecule has 40 heavy (non-hydrogen) atoms. The first-order chi connectivity index (χ1) is 19.4. The maximum absolute atomic E-state index is 13.2. The van der Waals surface area contributed by atoms with Crippen molar-refractivity contribution in [2.24, 2.45) is 0 Å². The van der Waals surface area contributed by atoms with Gasteiger partial charge in [-0.1, -0.05) is 0 Å². The van der Waals surface area contributed by atoms with E-state index in [1.54, 1.807) is 47.2 Å². The molecule has 1 aliphatic carbocycles. The molecule has 4 aromatic rings. The summed E-state index contributed by atoms with van der Waals surface area (Å²) in [5.74, 6) is -0.404. The number of fused-ring (bicyclic) bond motifs is 1. The topological polar surface area (TPSA) is 132 Å². The molecule has 1 saturated heterocycles. The van der Waals surface area contributed by atoms with Crippen LogP contribution in [0.1, 0.15) is 48.2 Å². The van der Waals surface area contributed by atoms with E-state index in [1.807, 2.05) is 13.1 Å². The van der Waals surface area contributed by atoms with E-state index in [9.17, 15) is 9.59 Å². The summed E-state index contributed by atoms with van der Waals surface area (Å²) in [4.78, 5) is 37.3. The molecule has 0 aromatic carbocycles. The molecule has 2 fully saturated rings. The van der Waals surface area contributed by atoms with E-state index < -0.39 is 0 Å². The molecule has 1 spiro atoms. The number of hydrogen-bond donors (Lipinski definition) is 2. The van der Waals surface area contributed by atoms with Crippen LogP contribution < -0.4 is 10.6 Å². The minimum Gasteiger partial charge on any atom is -0.383 e. The number of nitrogens with one attached hydrogen (secondary N) is 2. The summed E-state index contributed by atoms with van der Waals surface area (Å²) in [6.45, 7) is 4.36. The van der Waals surface area contributed by atoms with E-state index in [1.165, 1.54) is 31.9 Å². The van der Waals surface area contributed by atoms with Gasteiger partial charge in [0.25, 0.3) is 5.91 Å². The highest BCUT2D eigenvalue weighted by molar-refractivity contribution is 6.09. The molecule has 208 valence electrons. The Labute approximate surface area is 231 Å². The second kappa shape index (κ2) is 10.8. The van der Waals surface area contributed by atoms with Crippen LogP contribution in [-0.2, 0) is 16.1 Å². The van der Waals surface area contributed by atoms with Gasteiger partial charge in [-0.3, -0.25) is 29.1 Å². The van der Waals surface area contributed by atoms with Gasteiger partial charge in [-0.2, -0.15) is 10.2 Å². The highest BCUT2D eigenvalue weighted by Crippen LogP contribution is 2.45. The third-order valence-corrected chi connectivity index (χ3v) is 8.08. The third kappa shape index (κ3) is 5.07. The fourth-order valence-electron chi connectivity index (χ4n) is 5.69. The predicted molar refractivity (Wildman–Crippen MR) is 149 cm³/mol. The first-order valence-corrected chi connectivity index (χ1v) is 13.6. The quantitative estimate of drug-likeness (QED) is 0.329. The number of carbonyl (C=O) groups excluding carboxylic acids is 2. The summed E-state index contributed by atoms with van der Waals surface area (Å²) in [6, 6.07) is 1.74. The summed E-state index contributed by atoms with van der Waals surface area (Å²) < 4.78 is 8.51. The Morgan fingerprint density at radius 3 is 2.67 bits per heavy atom. The van der Waals surface area contributed by atoms with Crippen LogP contribution in [0.4, 0.5) is 11.4 Å². The molecular formula is C28H33N9O3. The smallest absolute Gasteiger partial charge is 0.259 e. The van der Waals surface area contributed by atoms with E-state index in [0.717, 1.165) is 18.5 Å². The van der Waals surface area contributed by atoms with Crippen LogP contribution in [0.3, 0.4) is 0 Å². The molecule has 12 heteroatoms. The molecule has 4 aromatic heterocycles. The maximum atomic E-state index is 13.2. The Kier molecular flexibility index (Phi) is 7.03. The number of likely N-dealkylation sites (tertiary alicyclic amines) is 1. The molecule has 0 atom stereocenters. The Morgan fingerprint density at radius 1 is 1.02 bits per heavy atom. The highest BCUT2D eigenvalue weighted by atomic mass is 16.5. The Morgan fingerprint density at radius 2 is 1.88 bits per heavy atom. The van der Waals surface area contributed by atoms with Gasteiger partial charge in [-0.15, -0.1) is 0 Å². The fraction of sp³-hybridized carbons (Fsp3) is 0.429. The summed E-state index contributed by atoms with van der Waals surface area (Å²) in [5, 5.41) is 14.6. The first-order valence-electron chi connectivity index (χ1n) is 13.6. The number of nitrogens with zero attached hydrogens (tertiary/aromatic N) is 7. The lowest BCUT2D eigenvalue weighted by molar-refractivity contribution is -0.119. The van der Waals surface area contributed by atoms with Gasteiger partial charge in [0.2, 0.25) is 5.91 Å². The first kappa shape index (κ1) is 26.1. The third-order valence-electron chi connectivity index (χ3n) is 8.08. The van der Waals surface area contributed by atoms with Crippen LogP contribution >= 0.6 is 0 Å². The number of amides is 2. The minimum atomic E-state index is -0.339. The van der Waals surface area contributed by atoms with Gasteiger partial charge in [-0.25, -0.2) is 4.52 Å². The van der Waals surface area contributed by atoms with Gasteiger partial charge in [0, 0.05) is 24.4 Å². The number of methoxy groups -OCH3 is 1. The van der Waals surface area contributed by atoms with E-state index >= 15 is 0 Å². The summed E-state index contributed by atoms with van der Waals surface area (Å²) in [6.07, 6.45) is 16.1. The molecule has 0 bridgehead atoms. The van der Waals surface area contributed by atoms with E-state index in [2.05, 4.69) is 35.7 Å². The zero-order valence-electron chi connectivity index (χ0n) is 22.8. The highest BCUT2D eigenvalue weighted by Gasteiger charge is 2.45. The van der Waals surface area contributed by atoms with Gasteiger partial charge in [-0.05, 0) is 51.6 Å². The van der Waals surface area contributed by atoms with Crippen LogP contribution in [0.2, 0.25) is 0 Å². The number of aryl methyl sites for hydroxylation is 1. The molecule has 2 N–H and O–H groups in total. The van der Waals surface area contributed by atoms with Gasteiger partial charge in [0.1, 0.15) is 0 Å². The van der Waals surface area contributed by atoms with Crippen molar-refractivity contribution < 1.29 is 14.3 Å². The zero-order chi connectivity index (χ0) is 27.7. The number of ether oxygens (including phenoxy) is 1. The molecular weight excluding hydrogens is 510 g/mol. The van der Waals surface area contributed by atoms with Crippen molar-refractivity contribution in [3.8, 4) is 11.3 Å². The molecule has 1 saturated carbocycles. The number of hydrogen-bond acceptors (Lipinski definition) is 8. The number of rotatable bonds is 9. The summed E-state index contributed by atoms with van der Waals surface area (Å²) >= 11 is 0. The number of pyridine rings is 1. The Hall–Kier alpha value is -4.16.